The largest absolute Gasteiger partial charge is 0.313 e. The molecule has 0 bridgehead atoms. The predicted molar refractivity (Wildman–Crippen MR) is 111 cm³/mol. The molecule has 4 aromatic rings. The Hall–Kier alpha value is -3.06. The number of hydrogen-bond acceptors (Lipinski definition) is 4. The zero-order valence-electron chi connectivity index (χ0n) is 16.7. The van der Waals surface area contributed by atoms with Crippen LogP contribution in [0.15, 0.2) is 36.8 Å². The van der Waals surface area contributed by atoms with Crippen LogP contribution in [0.5, 0.6) is 0 Å². The number of benzene rings is 1. The summed E-state index contributed by atoms with van der Waals surface area (Å²) in [5.74, 6) is -0.263. The molecule has 1 aliphatic carbocycles. The van der Waals surface area contributed by atoms with Crippen molar-refractivity contribution in [2.75, 3.05) is 7.05 Å². The number of nitrogens with zero attached hydrogens (tertiary/aromatic N) is 4. The van der Waals surface area contributed by atoms with Gasteiger partial charge in [0.25, 0.3) is 0 Å². The number of rotatable bonds is 5. The van der Waals surface area contributed by atoms with Gasteiger partial charge in [0.1, 0.15) is 11.5 Å². The van der Waals surface area contributed by atoms with Gasteiger partial charge in [-0.2, -0.15) is 10.2 Å². The number of halogens is 1. The third-order valence-corrected chi connectivity index (χ3v) is 5.74. The Kier molecular flexibility index (Phi) is 4.20. The highest BCUT2D eigenvalue weighted by Crippen LogP contribution is 2.36. The Labute approximate surface area is 168 Å². The Morgan fingerprint density at radius 1 is 1.24 bits per heavy atom. The molecule has 6 nitrogen and oxygen atoms in total. The molecule has 0 saturated heterocycles. The second-order valence-electron chi connectivity index (χ2n) is 7.83. The summed E-state index contributed by atoms with van der Waals surface area (Å²) in [6, 6.07) is 6.11. The van der Waals surface area contributed by atoms with Gasteiger partial charge in [-0.15, -0.1) is 0 Å². The van der Waals surface area contributed by atoms with E-state index in [-0.39, 0.29) is 11.9 Å². The third kappa shape index (κ3) is 3.11. The van der Waals surface area contributed by atoms with Crippen LogP contribution in [0.3, 0.4) is 0 Å². The zero-order valence-corrected chi connectivity index (χ0v) is 16.7. The van der Waals surface area contributed by atoms with Gasteiger partial charge in [0.05, 0.1) is 29.6 Å². The first-order chi connectivity index (χ1) is 14.0. The SMILES string of the molecule is CN[C@@H](C)c1cc(C)c(-c2cc3c(-c4cnn(C5CC5)c4)n[nH]c3cn2)c(F)c1. The summed E-state index contributed by atoms with van der Waals surface area (Å²) in [6.07, 6.45) is 7.95. The molecule has 7 heteroatoms. The Bertz CT molecular complexity index is 1180. The first kappa shape index (κ1) is 18.0. The van der Waals surface area contributed by atoms with Crippen molar-refractivity contribution in [3.8, 4) is 22.5 Å². The molecule has 0 amide bonds. The van der Waals surface area contributed by atoms with Crippen molar-refractivity contribution >= 4 is 10.9 Å². The highest BCUT2D eigenvalue weighted by Gasteiger charge is 2.25. The first-order valence-electron chi connectivity index (χ1n) is 9.91. The van der Waals surface area contributed by atoms with Crippen LogP contribution in [0.1, 0.15) is 43.0 Å². The minimum Gasteiger partial charge on any atom is -0.313 e. The molecule has 1 fully saturated rings. The number of hydrogen-bond donors (Lipinski definition) is 2. The van der Waals surface area contributed by atoms with Crippen molar-refractivity contribution in [1.29, 1.82) is 0 Å². The lowest BCUT2D eigenvalue weighted by molar-refractivity contribution is 0.609. The van der Waals surface area contributed by atoms with Gasteiger partial charge in [0.15, 0.2) is 0 Å². The smallest absolute Gasteiger partial charge is 0.133 e. The van der Waals surface area contributed by atoms with E-state index in [9.17, 15) is 0 Å². The van der Waals surface area contributed by atoms with Crippen LogP contribution < -0.4 is 5.32 Å². The van der Waals surface area contributed by atoms with Crippen LogP contribution in [0.25, 0.3) is 33.4 Å². The van der Waals surface area contributed by atoms with E-state index in [4.69, 9.17) is 0 Å². The van der Waals surface area contributed by atoms with Gasteiger partial charge in [-0.05, 0) is 57.0 Å². The third-order valence-electron chi connectivity index (χ3n) is 5.74. The highest BCUT2D eigenvalue weighted by molar-refractivity contribution is 5.94. The fraction of sp³-hybridized carbons (Fsp3) is 0.318. The molecule has 1 aliphatic rings. The average molecular weight is 390 g/mol. The van der Waals surface area contributed by atoms with E-state index in [1.807, 2.05) is 50.1 Å². The normalized spacial score (nSPS) is 15.2. The van der Waals surface area contributed by atoms with Crippen LogP contribution in [0.2, 0.25) is 0 Å². The van der Waals surface area contributed by atoms with E-state index in [0.717, 1.165) is 33.3 Å². The monoisotopic (exact) mass is 390 g/mol. The van der Waals surface area contributed by atoms with Crippen molar-refractivity contribution in [3.05, 3.63) is 53.7 Å². The zero-order chi connectivity index (χ0) is 20.1. The molecule has 0 radical (unpaired) electrons. The molecule has 0 spiro atoms. The highest BCUT2D eigenvalue weighted by atomic mass is 19.1. The summed E-state index contributed by atoms with van der Waals surface area (Å²) in [6.45, 7) is 3.93. The predicted octanol–water partition coefficient (Wildman–Crippen LogP) is 4.55. The molecule has 5 rings (SSSR count). The van der Waals surface area contributed by atoms with E-state index in [1.165, 1.54) is 12.8 Å². The molecule has 1 aromatic carbocycles. The molecule has 0 aliphatic heterocycles. The molecular formula is C22H23FN6. The lowest BCUT2D eigenvalue weighted by Crippen LogP contribution is -2.13. The van der Waals surface area contributed by atoms with Crippen molar-refractivity contribution in [3.63, 3.8) is 0 Å². The van der Waals surface area contributed by atoms with E-state index >= 15 is 4.39 Å². The Morgan fingerprint density at radius 2 is 2.07 bits per heavy atom. The number of H-pyrrole nitrogens is 1. The maximum absolute atomic E-state index is 15.0. The number of pyridine rings is 1. The fourth-order valence-corrected chi connectivity index (χ4v) is 3.78. The molecule has 0 unspecified atom stereocenters. The quantitative estimate of drug-likeness (QED) is 0.524. The second-order valence-corrected chi connectivity index (χ2v) is 7.83. The van der Waals surface area contributed by atoms with Crippen molar-refractivity contribution in [2.45, 2.75) is 38.8 Å². The summed E-state index contributed by atoms with van der Waals surface area (Å²) in [5, 5.41) is 16.0. The summed E-state index contributed by atoms with van der Waals surface area (Å²) in [5.41, 5.74) is 5.50. The van der Waals surface area contributed by atoms with Crippen molar-refractivity contribution in [1.82, 2.24) is 30.3 Å². The molecule has 1 saturated carbocycles. The van der Waals surface area contributed by atoms with Gasteiger partial charge in [-0.1, -0.05) is 6.07 Å². The number of aromatic nitrogens is 5. The summed E-state index contributed by atoms with van der Waals surface area (Å²) in [7, 11) is 1.87. The van der Waals surface area contributed by atoms with Crippen LogP contribution in [0, 0.1) is 12.7 Å². The minimum atomic E-state index is -0.263. The van der Waals surface area contributed by atoms with Crippen LogP contribution in [0.4, 0.5) is 4.39 Å². The number of aromatic amines is 1. The lowest BCUT2D eigenvalue weighted by Gasteiger charge is -2.15. The first-order valence-corrected chi connectivity index (χ1v) is 9.91. The van der Waals surface area contributed by atoms with Crippen molar-refractivity contribution < 1.29 is 4.39 Å². The molecule has 1 atom stereocenters. The van der Waals surface area contributed by atoms with Crippen LogP contribution in [-0.4, -0.2) is 32.0 Å². The van der Waals surface area contributed by atoms with Crippen LogP contribution in [-0.2, 0) is 0 Å². The minimum absolute atomic E-state index is 0.0798. The topological polar surface area (TPSA) is 71.4 Å². The molecule has 29 heavy (non-hydrogen) atoms. The van der Waals surface area contributed by atoms with Gasteiger partial charge >= 0.3 is 0 Å². The fourth-order valence-electron chi connectivity index (χ4n) is 3.78. The number of fused-ring (bicyclic) bond motifs is 1. The maximum atomic E-state index is 15.0. The standard InChI is InChI=1S/C22H23FN6/c1-12-6-14(13(2)24-3)7-18(23)21(12)19-8-17-20(10-25-19)27-28-22(17)15-9-26-29(11-15)16-4-5-16/h6-11,13,16,24H,4-5H2,1-3H3,(H,27,28)/t13-/m0/s1. The number of aryl methyl sites for hydroxylation is 1. The lowest BCUT2D eigenvalue weighted by atomic mass is 9.97. The number of nitrogens with one attached hydrogen (secondary N) is 2. The van der Waals surface area contributed by atoms with E-state index in [0.29, 0.717) is 17.3 Å². The van der Waals surface area contributed by atoms with Gasteiger partial charge in [0, 0.05) is 28.8 Å². The van der Waals surface area contributed by atoms with Gasteiger partial charge in [-0.3, -0.25) is 14.8 Å². The molecule has 3 heterocycles. The van der Waals surface area contributed by atoms with E-state index < -0.39 is 0 Å². The van der Waals surface area contributed by atoms with Gasteiger partial charge < -0.3 is 5.32 Å². The molecular weight excluding hydrogens is 367 g/mol. The van der Waals surface area contributed by atoms with E-state index in [2.05, 4.69) is 25.6 Å². The Balaban J connectivity index is 1.59. The van der Waals surface area contributed by atoms with Gasteiger partial charge in [-0.25, -0.2) is 4.39 Å². The molecule has 2 N–H and O–H groups in total. The Morgan fingerprint density at radius 3 is 2.79 bits per heavy atom. The summed E-state index contributed by atoms with van der Waals surface area (Å²) >= 11 is 0. The second kappa shape index (κ2) is 6.77. The molecule has 3 aromatic heterocycles. The van der Waals surface area contributed by atoms with Crippen molar-refractivity contribution in [2.24, 2.45) is 0 Å². The van der Waals surface area contributed by atoms with E-state index in [1.54, 1.807) is 12.3 Å². The van der Waals surface area contributed by atoms with Gasteiger partial charge in [0.2, 0.25) is 0 Å². The summed E-state index contributed by atoms with van der Waals surface area (Å²) < 4.78 is 17.0. The summed E-state index contributed by atoms with van der Waals surface area (Å²) in [4.78, 5) is 4.50. The average Bonchev–Trinajstić information content (AvgIpc) is 3.30. The maximum Gasteiger partial charge on any atom is 0.133 e. The molecule has 148 valence electrons. The van der Waals surface area contributed by atoms with Crippen LogP contribution >= 0.6 is 0 Å².